The first-order valence-corrected chi connectivity index (χ1v) is 5.83. The van der Waals surface area contributed by atoms with E-state index in [9.17, 15) is 4.79 Å². The highest BCUT2D eigenvalue weighted by atomic mass is 16.5. The Morgan fingerprint density at radius 3 is 2.79 bits per heavy atom. The van der Waals surface area contributed by atoms with Crippen LogP contribution in [0.2, 0.25) is 0 Å². The molecule has 0 aliphatic carbocycles. The number of hydrogen-bond donors (Lipinski definition) is 2. The van der Waals surface area contributed by atoms with E-state index in [0.29, 0.717) is 23.0 Å². The van der Waals surface area contributed by atoms with Crippen LogP contribution >= 0.6 is 0 Å². The van der Waals surface area contributed by atoms with Crippen molar-refractivity contribution in [3.8, 4) is 11.6 Å². The van der Waals surface area contributed by atoms with Gasteiger partial charge in [-0.2, -0.15) is 0 Å². The predicted molar refractivity (Wildman–Crippen MR) is 74.2 cm³/mol. The monoisotopic (exact) mass is 257 g/mol. The fraction of sp³-hybridized carbons (Fsp3) is 0.143. The third kappa shape index (κ3) is 3.22. The van der Waals surface area contributed by atoms with Crippen LogP contribution in [0.3, 0.4) is 0 Å². The van der Waals surface area contributed by atoms with Gasteiger partial charge in [-0.15, -0.1) is 0 Å². The molecule has 19 heavy (non-hydrogen) atoms. The molecule has 0 aliphatic heterocycles. The van der Waals surface area contributed by atoms with Crippen LogP contribution in [-0.2, 0) is 4.79 Å². The number of nitrogens with two attached hydrogens (primary N) is 1. The lowest BCUT2D eigenvalue weighted by molar-refractivity contribution is -0.114. The topological polar surface area (TPSA) is 77.2 Å². The Balaban J connectivity index is 2.27. The lowest BCUT2D eigenvalue weighted by Gasteiger charge is -2.11. The van der Waals surface area contributed by atoms with Crippen LogP contribution in [0, 0.1) is 6.92 Å². The number of amides is 1. The molecule has 2 rings (SSSR count). The number of nitrogen functional groups attached to an aromatic ring is 1. The van der Waals surface area contributed by atoms with Crippen LogP contribution in [0.4, 0.5) is 11.4 Å². The van der Waals surface area contributed by atoms with Crippen LogP contribution in [0.1, 0.15) is 12.5 Å². The molecule has 0 radical (unpaired) electrons. The Bertz CT molecular complexity index is 611. The molecule has 0 fully saturated rings. The summed E-state index contributed by atoms with van der Waals surface area (Å²) < 4.78 is 5.64. The maximum Gasteiger partial charge on any atom is 0.221 e. The van der Waals surface area contributed by atoms with E-state index in [2.05, 4.69) is 10.3 Å². The van der Waals surface area contributed by atoms with Crippen molar-refractivity contribution in [2.24, 2.45) is 0 Å². The molecule has 0 atom stereocenters. The number of aryl methyl sites for hydroxylation is 1. The third-order valence-electron chi connectivity index (χ3n) is 2.53. The van der Waals surface area contributed by atoms with E-state index < -0.39 is 0 Å². The van der Waals surface area contributed by atoms with Gasteiger partial charge in [0, 0.05) is 24.9 Å². The molecule has 5 heteroatoms. The van der Waals surface area contributed by atoms with E-state index in [-0.39, 0.29) is 5.91 Å². The van der Waals surface area contributed by atoms with Gasteiger partial charge in [0.05, 0.1) is 5.69 Å². The van der Waals surface area contributed by atoms with Crippen molar-refractivity contribution >= 4 is 17.3 Å². The van der Waals surface area contributed by atoms with Gasteiger partial charge in [0.15, 0.2) is 5.75 Å². The van der Waals surface area contributed by atoms with E-state index in [0.717, 1.165) is 5.56 Å². The number of nitrogens with one attached hydrogen (secondary N) is 1. The van der Waals surface area contributed by atoms with Crippen molar-refractivity contribution in [3.63, 3.8) is 0 Å². The Morgan fingerprint density at radius 2 is 2.11 bits per heavy atom. The second-order valence-electron chi connectivity index (χ2n) is 4.16. The summed E-state index contributed by atoms with van der Waals surface area (Å²) in [6, 6.07) is 8.80. The summed E-state index contributed by atoms with van der Waals surface area (Å²) >= 11 is 0. The number of ether oxygens (including phenoxy) is 1. The van der Waals surface area contributed by atoms with Gasteiger partial charge in [0.25, 0.3) is 0 Å². The van der Waals surface area contributed by atoms with Crippen molar-refractivity contribution in [3.05, 3.63) is 42.1 Å². The molecule has 3 N–H and O–H groups in total. The molecule has 2 aromatic rings. The molecular formula is C14H15N3O2. The standard InChI is InChI=1S/C14H15N3O2/c1-9-8-16-14(7-11(9)15)19-13-6-4-3-5-12(13)17-10(2)18/h3-8H,1-2H3,(H2,15,16)(H,17,18). The van der Waals surface area contributed by atoms with Gasteiger partial charge in [-0.25, -0.2) is 4.98 Å². The molecule has 1 amide bonds. The zero-order valence-electron chi connectivity index (χ0n) is 10.8. The smallest absolute Gasteiger partial charge is 0.221 e. The number of carbonyl (C=O) groups excluding carboxylic acids is 1. The number of anilines is 2. The average molecular weight is 257 g/mol. The first-order valence-electron chi connectivity index (χ1n) is 5.83. The van der Waals surface area contributed by atoms with E-state index in [1.807, 2.05) is 19.1 Å². The number of benzene rings is 1. The molecule has 1 aromatic carbocycles. The van der Waals surface area contributed by atoms with Crippen LogP contribution in [-0.4, -0.2) is 10.9 Å². The highest BCUT2D eigenvalue weighted by molar-refractivity contribution is 5.90. The average Bonchev–Trinajstić information content (AvgIpc) is 2.36. The minimum atomic E-state index is -0.160. The van der Waals surface area contributed by atoms with Crippen LogP contribution in [0.25, 0.3) is 0 Å². The summed E-state index contributed by atoms with van der Waals surface area (Å²) in [4.78, 5) is 15.3. The van der Waals surface area contributed by atoms with Crippen molar-refractivity contribution in [2.75, 3.05) is 11.1 Å². The van der Waals surface area contributed by atoms with E-state index in [1.54, 1.807) is 24.4 Å². The molecule has 0 bridgehead atoms. The third-order valence-corrected chi connectivity index (χ3v) is 2.53. The normalized spacial score (nSPS) is 10.0. The zero-order chi connectivity index (χ0) is 13.8. The second kappa shape index (κ2) is 5.39. The lowest BCUT2D eigenvalue weighted by Crippen LogP contribution is -2.07. The molecule has 5 nitrogen and oxygen atoms in total. The molecule has 0 spiro atoms. The summed E-state index contributed by atoms with van der Waals surface area (Å²) in [6.45, 7) is 3.32. The predicted octanol–water partition coefficient (Wildman–Crippen LogP) is 2.72. The molecule has 98 valence electrons. The molecule has 0 saturated heterocycles. The zero-order valence-corrected chi connectivity index (χ0v) is 10.8. The van der Waals surface area contributed by atoms with Gasteiger partial charge >= 0.3 is 0 Å². The summed E-state index contributed by atoms with van der Waals surface area (Å²) in [6.07, 6.45) is 1.64. The van der Waals surface area contributed by atoms with Crippen molar-refractivity contribution in [1.82, 2.24) is 4.98 Å². The Hall–Kier alpha value is -2.56. The Kier molecular flexibility index (Phi) is 3.66. The largest absolute Gasteiger partial charge is 0.437 e. The number of pyridine rings is 1. The number of nitrogens with zero attached hydrogens (tertiary/aromatic N) is 1. The number of rotatable bonds is 3. The fourth-order valence-corrected chi connectivity index (χ4v) is 1.54. The van der Waals surface area contributed by atoms with Gasteiger partial charge in [0.2, 0.25) is 11.8 Å². The molecular weight excluding hydrogens is 242 g/mol. The first-order chi connectivity index (χ1) is 9.06. The lowest BCUT2D eigenvalue weighted by atomic mass is 10.2. The molecule has 0 unspecified atom stereocenters. The SMILES string of the molecule is CC(=O)Nc1ccccc1Oc1cc(N)c(C)cn1. The quantitative estimate of drug-likeness (QED) is 0.886. The molecule has 0 aliphatic rings. The number of aromatic nitrogens is 1. The second-order valence-corrected chi connectivity index (χ2v) is 4.16. The fourth-order valence-electron chi connectivity index (χ4n) is 1.54. The van der Waals surface area contributed by atoms with Crippen LogP contribution < -0.4 is 15.8 Å². The van der Waals surface area contributed by atoms with Gasteiger partial charge in [-0.3, -0.25) is 4.79 Å². The summed E-state index contributed by atoms with van der Waals surface area (Å²) in [5.74, 6) is 0.752. The van der Waals surface area contributed by atoms with Crippen molar-refractivity contribution in [1.29, 1.82) is 0 Å². The summed E-state index contributed by atoms with van der Waals surface area (Å²) in [5.41, 5.74) is 7.90. The maximum atomic E-state index is 11.1. The summed E-state index contributed by atoms with van der Waals surface area (Å²) in [7, 11) is 0. The highest BCUT2D eigenvalue weighted by Crippen LogP contribution is 2.29. The number of hydrogen-bond acceptors (Lipinski definition) is 4. The molecule has 1 aromatic heterocycles. The Morgan fingerprint density at radius 1 is 1.37 bits per heavy atom. The number of carbonyl (C=O) groups is 1. The minimum absolute atomic E-state index is 0.160. The highest BCUT2D eigenvalue weighted by Gasteiger charge is 2.07. The van der Waals surface area contributed by atoms with Gasteiger partial charge < -0.3 is 15.8 Å². The van der Waals surface area contributed by atoms with E-state index in [1.165, 1.54) is 6.92 Å². The van der Waals surface area contributed by atoms with E-state index >= 15 is 0 Å². The Labute approximate surface area is 111 Å². The summed E-state index contributed by atoms with van der Waals surface area (Å²) in [5, 5.41) is 2.70. The maximum absolute atomic E-state index is 11.1. The van der Waals surface area contributed by atoms with Crippen molar-refractivity contribution in [2.45, 2.75) is 13.8 Å². The van der Waals surface area contributed by atoms with Crippen LogP contribution in [0.5, 0.6) is 11.6 Å². The molecule has 0 saturated carbocycles. The van der Waals surface area contributed by atoms with Gasteiger partial charge in [-0.05, 0) is 24.6 Å². The van der Waals surface area contributed by atoms with Crippen LogP contribution in [0.15, 0.2) is 36.5 Å². The first kappa shape index (κ1) is 12.9. The van der Waals surface area contributed by atoms with E-state index in [4.69, 9.17) is 10.5 Å². The van der Waals surface area contributed by atoms with Crippen molar-refractivity contribution < 1.29 is 9.53 Å². The van der Waals surface area contributed by atoms with Gasteiger partial charge in [-0.1, -0.05) is 12.1 Å². The minimum Gasteiger partial charge on any atom is -0.437 e. The van der Waals surface area contributed by atoms with Gasteiger partial charge in [0.1, 0.15) is 0 Å². The molecule has 1 heterocycles. The number of para-hydroxylation sites is 2.